The topological polar surface area (TPSA) is 57.5 Å². The fourth-order valence-electron chi connectivity index (χ4n) is 2.40. The van der Waals surface area contributed by atoms with Gasteiger partial charge in [0.2, 0.25) is 0 Å². The third-order valence-corrected chi connectivity index (χ3v) is 3.60. The molecule has 0 bridgehead atoms. The average Bonchev–Trinajstić information content (AvgIpc) is 3.12. The van der Waals surface area contributed by atoms with Gasteiger partial charge in [0.1, 0.15) is 6.61 Å². The van der Waals surface area contributed by atoms with Crippen LogP contribution in [0.1, 0.15) is 18.9 Å². The Morgan fingerprint density at radius 2 is 2.17 bits per heavy atom. The molecule has 2 rings (SSSR count). The van der Waals surface area contributed by atoms with Crippen LogP contribution >= 0.6 is 0 Å². The molecule has 6 nitrogen and oxygen atoms in total. The monoisotopic (exact) mass is 333 g/mol. The van der Waals surface area contributed by atoms with Crippen LogP contribution in [0.15, 0.2) is 36.9 Å². The summed E-state index contributed by atoms with van der Waals surface area (Å²) >= 11 is 0. The minimum absolute atomic E-state index is 0.516. The molecule has 0 spiro atoms. The second-order valence-electron chi connectivity index (χ2n) is 5.32. The Bertz CT molecular complexity index is 573. The molecule has 0 atom stereocenters. The Morgan fingerprint density at radius 3 is 2.92 bits per heavy atom. The zero-order valence-corrected chi connectivity index (χ0v) is 14.5. The van der Waals surface area contributed by atoms with Gasteiger partial charge in [-0.1, -0.05) is 12.1 Å². The van der Waals surface area contributed by atoms with E-state index in [1.54, 1.807) is 13.3 Å². The third-order valence-electron chi connectivity index (χ3n) is 3.60. The van der Waals surface area contributed by atoms with Crippen molar-refractivity contribution in [3.8, 4) is 11.5 Å². The predicted octanol–water partition coefficient (Wildman–Crippen LogP) is 2.49. The summed E-state index contributed by atoms with van der Waals surface area (Å²) in [7, 11) is 1.66. The van der Waals surface area contributed by atoms with Crippen LogP contribution in [0, 0.1) is 0 Å². The molecule has 0 aliphatic rings. The number of imidazole rings is 1. The van der Waals surface area contributed by atoms with Crippen LogP contribution in [-0.4, -0.2) is 43.0 Å². The van der Waals surface area contributed by atoms with Crippen molar-refractivity contribution in [2.75, 3.05) is 33.5 Å². The van der Waals surface area contributed by atoms with Gasteiger partial charge in [0.15, 0.2) is 11.5 Å². The number of rotatable bonds is 12. The van der Waals surface area contributed by atoms with E-state index in [2.05, 4.69) is 20.9 Å². The second kappa shape index (κ2) is 10.7. The predicted molar refractivity (Wildman–Crippen MR) is 93.5 cm³/mol. The van der Waals surface area contributed by atoms with Gasteiger partial charge in [-0.05, 0) is 26.0 Å². The molecular formula is C18H27N3O3. The molecule has 1 aromatic carbocycles. The lowest BCUT2D eigenvalue weighted by molar-refractivity contribution is 0.108. The highest BCUT2D eigenvalue weighted by atomic mass is 16.5. The van der Waals surface area contributed by atoms with Gasteiger partial charge in [-0.15, -0.1) is 0 Å². The zero-order valence-electron chi connectivity index (χ0n) is 14.5. The van der Waals surface area contributed by atoms with E-state index in [4.69, 9.17) is 14.2 Å². The first-order chi connectivity index (χ1) is 11.8. The normalized spacial score (nSPS) is 10.8. The van der Waals surface area contributed by atoms with Gasteiger partial charge in [0.05, 0.1) is 20.0 Å². The van der Waals surface area contributed by atoms with Crippen molar-refractivity contribution in [1.29, 1.82) is 0 Å². The highest BCUT2D eigenvalue weighted by molar-refractivity contribution is 5.46. The van der Waals surface area contributed by atoms with E-state index in [1.807, 2.05) is 31.6 Å². The summed E-state index contributed by atoms with van der Waals surface area (Å²) in [5, 5.41) is 3.46. The first kappa shape index (κ1) is 18.3. The van der Waals surface area contributed by atoms with E-state index in [1.165, 1.54) is 0 Å². The van der Waals surface area contributed by atoms with Gasteiger partial charge in [-0.25, -0.2) is 4.98 Å². The van der Waals surface area contributed by atoms with Gasteiger partial charge in [-0.2, -0.15) is 0 Å². The molecule has 132 valence electrons. The number of benzene rings is 1. The molecule has 0 aliphatic carbocycles. The van der Waals surface area contributed by atoms with E-state index in [0.717, 1.165) is 43.1 Å². The number of hydrogen-bond acceptors (Lipinski definition) is 5. The van der Waals surface area contributed by atoms with Crippen molar-refractivity contribution >= 4 is 0 Å². The second-order valence-corrected chi connectivity index (χ2v) is 5.32. The van der Waals surface area contributed by atoms with Crippen molar-refractivity contribution in [2.24, 2.45) is 0 Å². The van der Waals surface area contributed by atoms with Crippen molar-refractivity contribution in [2.45, 2.75) is 26.4 Å². The Kier molecular flexibility index (Phi) is 8.13. The highest BCUT2D eigenvalue weighted by Crippen LogP contribution is 2.31. The summed E-state index contributed by atoms with van der Waals surface area (Å²) in [5.41, 5.74) is 1.09. The molecule has 0 saturated heterocycles. The number of aromatic nitrogens is 2. The Hall–Kier alpha value is -2.05. The number of aryl methyl sites for hydroxylation is 1. The molecule has 1 N–H and O–H groups in total. The molecule has 0 fully saturated rings. The van der Waals surface area contributed by atoms with Gasteiger partial charge in [-0.3, -0.25) is 0 Å². The van der Waals surface area contributed by atoms with Crippen molar-refractivity contribution in [3.05, 3.63) is 42.5 Å². The maximum absolute atomic E-state index is 5.87. The van der Waals surface area contributed by atoms with Crippen LogP contribution in [0.3, 0.4) is 0 Å². The molecular weight excluding hydrogens is 306 g/mol. The van der Waals surface area contributed by atoms with E-state index in [9.17, 15) is 0 Å². The van der Waals surface area contributed by atoms with E-state index < -0.39 is 0 Å². The minimum Gasteiger partial charge on any atom is -0.493 e. The van der Waals surface area contributed by atoms with Crippen LogP contribution in [0.5, 0.6) is 11.5 Å². The van der Waals surface area contributed by atoms with Crippen molar-refractivity contribution in [1.82, 2.24) is 14.9 Å². The van der Waals surface area contributed by atoms with Crippen molar-refractivity contribution < 1.29 is 14.2 Å². The smallest absolute Gasteiger partial charge is 0.165 e. The van der Waals surface area contributed by atoms with Crippen LogP contribution in [0.4, 0.5) is 0 Å². The molecule has 0 radical (unpaired) electrons. The summed E-state index contributed by atoms with van der Waals surface area (Å²) in [6.07, 6.45) is 6.66. The van der Waals surface area contributed by atoms with Crippen LogP contribution in [0.2, 0.25) is 0 Å². The lowest BCUT2D eigenvalue weighted by Gasteiger charge is -2.15. The fraction of sp³-hybridized carbons (Fsp3) is 0.500. The fourth-order valence-corrected chi connectivity index (χ4v) is 2.40. The Balaban J connectivity index is 1.81. The first-order valence-electron chi connectivity index (χ1n) is 8.38. The third kappa shape index (κ3) is 5.86. The highest BCUT2D eigenvalue weighted by Gasteiger charge is 2.10. The van der Waals surface area contributed by atoms with Crippen LogP contribution < -0.4 is 14.8 Å². The number of para-hydroxylation sites is 1. The standard InChI is InChI=1S/C18H27N3O3/c1-3-23-12-13-24-18-16(6-4-7-17(18)22-2)14-19-8-5-10-21-11-9-20-15-21/h4,6-7,9,11,15,19H,3,5,8,10,12-14H2,1-2H3. The molecule has 0 aliphatic heterocycles. The lowest BCUT2D eigenvalue weighted by atomic mass is 10.2. The number of ether oxygens (including phenoxy) is 3. The summed E-state index contributed by atoms with van der Waals surface area (Å²) in [6.45, 7) is 6.39. The van der Waals surface area contributed by atoms with Crippen LogP contribution in [-0.2, 0) is 17.8 Å². The number of methoxy groups -OCH3 is 1. The molecule has 2 aromatic rings. The molecule has 6 heteroatoms. The number of hydrogen-bond donors (Lipinski definition) is 1. The first-order valence-corrected chi connectivity index (χ1v) is 8.38. The minimum atomic E-state index is 0.516. The molecule has 0 unspecified atom stereocenters. The SMILES string of the molecule is CCOCCOc1c(CNCCCn2ccnc2)cccc1OC. The summed E-state index contributed by atoms with van der Waals surface area (Å²) in [6, 6.07) is 5.96. The summed E-state index contributed by atoms with van der Waals surface area (Å²) in [4.78, 5) is 4.04. The molecule has 0 amide bonds. The van der Waals surface area contributed by atoms with E-state index >= 15 is 0 Å². The lowest BCUT2D eigenvalue weighted by Crippen LogP contribution is -2.17. The summed E-state index contributed by atoms with van der Waals surface area (Å²) in [5.74, 6) is 1.55. The Morgan fingerprint density at radius 1 is 1.25 bits per heavy atom. The van der Waals surface area contributed by atoms with E-state index in [0.29, 0.717) is 19.8 Å². The average molecular weight is 333 g/mol. The van der Waals surface area contributed by atoms with Crippen molar-refractivity contribution in [3.63, 3.8) is 0 Å². The Labute approximate surface area is 143 Å². The zero-order chi connectivity index (χ0) is 17.0. The maximum Gasteiger partial charge on any atom is 0.165 e. The van der Waals surface area contributed by atoms with E-state index in [-0.39, 0.29) is 0 Å². The van der Waals surface area contributed by atoms with Gasteiger partial charge in [0.25, 0.3) is 0 Å². The van der Waals surface area contributed by atoms with Gasteiger partial charge < -0.3 is 24.1 Å². The molecule has 0 saturated carbocycles. The largest absolute Gasteiger partial charge is 0.493 e. The van der Waals surface area contributed by atoms with Gasteiger partial charge in [0, 0.05) is 37.7 Å². The van der Waals surface area contributed by atoms with Crippen LogP contribution in [0.25, 0.3) is 0 Å². The number of nitrogens with zero attached hydrogens (tertiary/aromatic N) is 2. The molecule has 1 aromatic heterocycles. The molecule has 1 heterocycles. The van der Waals surface area contributed by atoms with Gasteiger partial charge >= 0.3 is 0 Å². The maximum atomic E-state index is 5.87. The summed E-state index contributed by atoms with van der Waals surface area (Å²) < 4.78 is 18.7. The number of nitrogens with one attached hydrogen (secondary N) is 1. The molecule has 24 heavy (non-hydrogen) atoms. The quantitative estimate of drug-likeness (QED) is 0.605.